The summed E-state index contributed by atoms with van der Waals surface area (Å²) in [4.78, 5) is 11.7. The second kappa shape index (κ2) is 3.09. The van der Waals surface area contributed by atoms with Crippen molar-refractivity contribution >= 4 is 0 Å². The highest BCUT2D eigenvalue weighted by atomic mass is 14.8. The van der Waals surface area contributed by atoms with E-state index in [1.54, 1.807) is 24.8 Å². The van der Waals surface area contributed by atoms with Crippen molar-refractivity contribution in [2.45, 2.75) is 0 Å². The van der Waals surface area contributed by atoms with Crippen LogP contribution in [0.1, 0.15) is 0 Å². The van der Waals surface area contributed by atoms with Crippen LogP contribution >= 0.6 is 0 Å². The molecule has 0 unspecified atom stereocenters. The monoisotopic (exact) mass is 156 g/mol. The molecule has 0 saturated heterocycles. The van der Waals surface area contributed by atoms with E-state index in [1.165, 1.54) is 6.33 Å². The van der Waals surface area contributed by atoms with E-state index < -0.39 is 0 Å². The Morgan fingerprint density at radius 1 is 1.08 bits per heavy atom. The van der Waals surface area contributed by atoms with E-state index in [2.05, 4.69) is 21.0 Å². The molecule has 0 bridgehead atoms. The van der Waals surface area contributed by atoms with Gasteiger partial charge in [0.1, 0.15) is 6.33 Å². The van der Waals surface area contributed by atoms with E-state index in [-0.39, 0.29) is 0 Å². The number of aromatic nitrogens is 3. The van der Waals surface area contributed by atoms with Crippen LogP contribution in [-0.2, 0) is 0 Å². The maximum Gasteiger partial charge on any atom is 0.115 e. The topological polar surface area (TPSA) is 38.7 Å². The van der Waals surface area contributed by atoms with Gasteiger partial charge in [-0.05, 0) is 11.6 Å². The van der Waals surface area contributed by atoms with Crippen LogP contribution in [0.15, 0.2) is 37.2 Å². The van der Waals surface area contributed by atoms with Crippen LogP contribution in [0.2, 0.25) is 0 Å². The lowest BCUT2D eigenvalue weighted by Gasteiger charge is -1.96. The van der Waals surface area contributed by atoms with Crippen LogP contribution in [0.4, 0.5) is 0 Å². The first-order chi connectivity index (χ1) is 5.97. The van der Waals surface area contributed by atoms with Crippen molar-refractivity contribution in [3.05, 3.63) is 43.2 Å². The Balaban J connectivity index is 2.46. The predicted molar refractivity (Wildman–Crippen MR) is 44.1 cm³/mol. The second-order valence-electron chi connectivity index (χ2n) is 2.28. The third-order valence-electron chi connectivity index (χ3n) is 1.49. The van der Waals surface area contributed by atoms with Crippen molar-refractivity contribution in [1.29, 1.82) is 0 Å². The summed E-state index contributed by atoms with van der Waals surface area (Å²) in [6.45, 7) is 0. The number of hydrogen-bond acceptors (Lipinski definition) is 3. The molecular formula is C9H6N3. The summed E-state index contributed by atoms with van der Waals surface area (Å²) in [5.74, 6) is 0. The van der Waals surface area contributed by atoms with Crippen molar-refractivity contribution in [1.82, 2.24) is 15.0 Å². The zero-order chi connectivity index (χ0) is 8.23. The van der Waals surface area contributed by atoms with Gasteiger partial charge in [-0.1, -0.05) is 0 Å². The fraction of sp³-hybridized carbons (Fsp3) is 0. The first-order valence-electron chi connectivity index (χ1n) is 3.54. The molecule has 12 heavy (non-hydrogen) atoms. The molecule has 0 spiro atoms. The molecule has 2 rings (SSSR count). The first-order valence-corrected chi connectivity index (χ1v) is 3.54. The fourth-order valence-corrected chi connectivity index (χ4v) is 0.933. The molecule has 0 aliphatic heterocycles. The Morgan fingerprint density at radius 3 is 2.58 bits per heavy atom. The molecule has 0 aromatic carbocycles. The summed E-state index contributed by atoms with van der Waals surface area (Å²) < 4.78 is 0. The average Bonchev–Trinajstić information content (AvgIpc) is 2.21. The number of hydrogen-bond donors (Lipinski definition) is 0. The van der Waals surface area contributed by atoms with Gasteiger partial charge in [0.2, 0.25) is 0 Å². The molecule has 0 aliphatic rings. The summed E-state index contributed by atoms with van der Waals surface area (Å²) in [7, 11) is 0. The van der Waals surface area contributed by atoms with E-state index >= 15 is 0 Å². The van der Waals surface area contributed by atoms with Crippen LogP contribution in [0, 0.1) is 6.07 Å². The van der Waals surface area contributed by atoms with Gasteiger partial charge in [0.05, 0.1) is 0 Å². The molecule has 0 atom stereocenters. The van der Waals surface area contributed by atoms with Crippen LogP contribution in [0.3, 0.4) is 0 Å². The normalized spacial score (nSPS) is 9.67. The largest absolute Gasteiger partial charge is 0.264 e. The van der Waals surface area contributed by atoms with Gasteiger partial charge in [0.15, 0.2) is 0 Å². The fourth-order valence-electron chi connectivity index (χ4n) is 0.933. The molecule has 0 saturated carbocycles. The highest BCUT2D eigenvalue weighted by molar-refractivity contribution is 5.59. The standard InChI is InChI=1S/C9H6N3/c1-3-10-4-2-8(1)9-5-11-7-12-6-9/h1,3-7H. The lowest BCUT2D eigenvalue weighted by atomic mass is 10.1. The lowest BCUT2D eigenvalue weighted by Crippen LogP contribution is -1.81. The van der Waals surface area contributed by atoms with Gasteiger partial charge in [0.25, 0.3) is 0 Å². The molecule has 0 fully saturated rings. The molecule has 57 valence electrons. The highest BCUT2D eigenvalue weighted by Crippen LogP contribution is 2.13. The van der Waals surface area contributed by atoms with Crippen molar-refractivity contribution < 1.29 is 0 Å². The van der Waals surface area contributed by atoms with E-state index in [1.807, 2.05) is 6.07 Å². The van der Waals surface area contributed by atoms with Crippen molar-refractivity contribution in [2.75, 3.05) is 0 Å². The van der Waals surface area contributed by atoms with E-state index in [9.17, 15) is 0 Å². The predicted octanol–water partition coefficient (Wildman–Crippen LogP) is 1.34. The summed E-state index contributed by atoms with van der Waals surface area (Å²) in [5, 5.41) is 0. The van der Waals surface area contributed by atoms with E-state index in [0.29, 0.717) is 0 Å². The minimum atomic E-state index is 0.958. The van der Waals surface area contributed by atoms with Crippen LogP contribution in [0.25, 0.3) is 11.1 Å². The molecular weight excluding hydrogens is 150 g/mol. The molecule has 2 heterocycles. The summed E-state index contributed by atoms with van der Waals surface area (Å²) in [6.07, 6.45) is 8.35. The van der Waals surface area contributed by atoms with Crippen LogP contribution < -0.4 is 0 Å². The Kier molecular flexibility index (Phi) is 1.78. The van der Waals surface area contributed by atoms with Crippen LogP contribution in [-0.4, -0.2) is 15.0 Å². The van der Waals surface area contributed by atoms with E-state index in [4.69, 9.17) is 0 Å². The van der Waals surface area contributed by atoms with Gasteiger partial charge in [-0.15, -0.1) is 0 Å². The lowest BCUT2D eigenvalue weighted by molar-refractivity contribution is 1.17. The maximum atomic E-state index is 3.91. The Labute approximate surface area is 70.1 Å². The molecule has 2 aromatic rings. The van der Waals surface area contributed by atoms with Gasteiger partial charge in [-0.3, -0.25) is 4.98 Å². The smallest absolute Gasteiger partial charge is 0.115 e. The molecule has 3 heteroatoms. The molecule has 0 amide bonds. The Bertz CT molecular complexity index is 307. The van der Waals surface area contributed by atoms with E-state index in [0.717, 1.165) is 11.1 Å². The summed E-state index contributed by atoms with van der Waals surface area (Å²) >= 11 is 0. The Hall–Kier alpha value is -1.77. The molecule has 0 aliphatic carbocycles. The Morgan fingerprint density at radius 2 is 1.92 bits per heavy atom. The van der Waals surface area contributed by atoms with Gasteiger partial charge in [-0.25, -0.2) is 9.97 Å². The van der Waals surface area contributed by atoms with Crippen molar-refractivity contribution in [2.24, 2.45) is 0 Å². The molecule has 3 nitrogen and oxygen atoms in total. The quantitative estimate of drug-likeness (QED) is 0.625. The summed E-state index contributed by atoms with van der Waals surface area (Å²) in [5.41, 5.74) is 1.92. The van der Waals surface area contributed by atoms with Gasteiger partial charge >= 0.3 is 0 Å². The maximum absolute atomic E-state index is 3.91. The van der Waals surface area contributed by atoms with Gasteiger partial charge in [0, 0.05) is 36.4 Å². The summed E-state index contributed by atoms with van der Waals surface area (Å²) in [6, 6.07) is 4.87. The molecule has 1 radical (unpaired) electrons. The second-order valence-corrected chi connectivity index (χ2v) is 2.28. The van der Waals surface area contributed by atoms with Crippen molar-refractivity contribution in [3.63, 3.8) is 0 Å². The number of nitrogens with zero attached hydrogens (tertiary/aromatic N) is 3. The number of pyridine rings is 1. The zero-order valence-electron chi connectivity index (χ0n) is 6.31. The highest BCUT2D eigenvalue weighted by Gasteiger charge is 1.94. The minimum absolute atomic E-state index is 0.958. The van der Waals surface area contributed by atoms with Gasteiger partial charge < -0.3 is 0 Å². The van der Waals surface area contributed by atoms with Crippen LogP contribution in [0.5, 0.6) is 0 Å². The minimum Gasteiger partial charge on any atom is -0.264 e. The first kappa shape index (κ1) is 6.91. The third-order valence-corrected chi connectivity index (χ3v) is 1.49. The third kappa shape index (κ3) is 1.29. The SMILES string of the molecule is [c]1cnccc1-c1cncnc1. The zero-order valence-corrected chi connectivity index (χ0v) is 6.31. The molecule has 2 aromatic heterocycles. The number of rotatable bonds is 1. The van der Waals surface area contributed by atoms with Crippen molar-refractivity contribution in [3.8, 4) is 11.1 Å². The molecule has 0 N–H and O–H groups in total. The average molecular weight is 156 g/mol. The van der Waals surface area contributed by atoms with Gasteiger partial charge in [-0.2, -0.15) is 0 Å².